The quantitative estimate of drug-likeness (QED) is 0.248. The molecule has 5 heteroatoms. The molecule has 2 heterocycles. The predicted molar refractivity (Wildman–Crippen MR) is 129 cm³/mol. The largest absolute Gasteiger partial charge is 0.308 e. The van der Waals surface area contributed by atoms with Crippen LogP contribution in [0.25, 0.3) is 43.5 Å². The van der Waals surface area contributed by atoms with Crippen LogP contribution in [-0.4, -0.2) is 28.3 Å². The average Bonchev–Trinajstić information content (AvgIpc) is 3.31. The summed E-state index contributed by atoms with van der Waals surface area (Å²) in [6.45, 7) is 7.18. The third kappa shape index (κ3) is 2.65. The molecule has 156 valence electrons. The Morgan fingerprint density at radius 3 is 2.24 bits per heavy atom. The van der Waals surface area contributed by atoms with Gasteiger partial charge in [-0.2, -0.15) is 0 Å². The lowest BCUT2D eigenvalue weighted by Crippen LogP contribution is -2.24. The smallest absolute Gasteiger partial charge is 0.263 e. The van der Waals surface area contributed by atoms with Gasteiger partial charge in [0.15, 0.2) is 5.69 Å². The van der Waals surface area contributed by atoms with Gasteiger partial charge in [0.2, 0.25) is 0 Å². The Bertz CT molecular complexity index is 1670. The molecular formula is C28H17N3O2. The van der Waals surface area contributed by atoms with E-state index in [1.54, 1.807) is 6.07 Å². The lowest BCUT2D eigenvalue weighted by molar-refractivity contribution is 0.0693. The fourth-order valence-electron chi connectivity index (χ4n) is 4.71. The second-order valence-electron chi connectivity index (χ2n) is 8.11. The van der Waals surface area contributed by atoms with E-state index >= 15 is 0 Å². The fourth-order valence-corrected chi connectivity index (χ4v) is 4.71. The zero-order valence-electron chi connectivity index (χ0n) is 17.7. The number of para-hydroxylation sites is 1. The lowest BCUT2D eigenvalue weighted by atomic mass is 10.0. The average molecular weight is 427 g/mol. The van der Waals surface area contributed by atoms with E-state index in [1.165, 1.54) is 11.9 Å². The Hall–Kier alpha value is -4.69. The molecule has 0 unspecified atom stereocenters. The number of nitrogens with zero attached hydrogens (tertiary/aromatic N) is 3. The van der Waals surface area contributed by atoms with Crippen LogP contribution in [0.15, 0.2) is 84.9 Å². The summed E-state index contributed by atoms with van der Waals surface area (Å²) in [4.78, 5) is 30.3. The first-order valence-electron chi connectivity index (χ1n) is 10.6. The number of imide groups is 1. The van der Waals surface area contributed by atoms with Gasteiger partial charge in [0, 0.05) is 17.8 Å². The minimum Gasteiger partial charge on any atom is -0.308 e. The van der Waals surface area contributed by atoms with Gasteiger partial charge in [0.25, 0.3) is 11.8 Å². The van der Waals surface area contributed by atoms with Crippen LogP contribution in [0.4, 0.5) is 5.69 Å². The number of hydrogen-bond acceptors (Lipinski definition) is 2. The van der Waals surface area contributed by atoms with E-state index in [4.69, 9.17) is 6.57 Å². The Balaban J connectivity index is 1.68. The molecule has 5 aromatic rings. The van der Waals surface area contributed by atoms with E-state index in [2.05, 4.69) is 33.7 Å². The fraction of sp³-hybridized carbons (Fsp3) is 0.0357. The standard InChI is InChI=1S/C28H17N3O2/c1-29-19-13-10-17(11-14-19)18-12-15-21-20-6-3-4-8-23(20)31(25(21)16-18)24-9-5-7-22-26(24)28(33)30(2)27(22)32/h3-16H,2H3. The second-order valence-corrected chi connectivity index (χ2v) is 8.11. The Morgan fingerprint density at radius 2 is 1.45 bits per heavy atom. The van der Waals surface area contributed by atoms with E-state index in [-0.39, 0.29) is 11.8 Å². The molecule has 0 saturated carbocycles. The topological polar surface area (TPSA) is 46.7 Å². The first-order chi connectivity index (χ1) is 16.1. The molecule has 1 aromatic heterocycles. The molecule has 0 atom stereocenters. The van der Waals surface area contributed by atoms with Gasteiger partial charge < -0.3 is 4.57 Å². The molecule has 0 bridgehead atoms. The summed E-state index contributed by atoms with van der Waals surface area (Å²) in [6, 6.07) is 27.3. The molecule has 0 spiro atoms. The minimum absolute atomic E-state index is 0.279. The first kappa shape index (κ1) is 19.0. The van der Waals surface area contributed by atoms with Crippen molar-refractivity contribution in [2.45, 2.75) is 0 Å². The van der Waals surface area contributed by atoms with Gasteiger partial charge in [-0.15, -0.1) is 0 Å². The van der Waals surface area contributed by atoms with Crippen molar-refractivity contribution in [1.82, 2.24) is 9.47 Å². The lowest BCUT2D eigenvalue weighted by Gasteiger charge is -2.12. The van der Waals surface area contributed by atoms with Crippen LogP contribution < -0.4 is 0 Å². The Labute approximate surface area is 189 Å². The van der Waals surface area contributed by atoms with Crippen LogP contribution in [0.3, 0.4) is 0 Å². The summed E-state index contributed by atoms with van der Waals surface area (Å²) >= 11 is 0. The van der Waals surface area contributed by atoms with Crippen molar-refractivity contribution >= 4 is 39.3 Å². The highest BCUT2D eigenvalue weighted by Crippen LogP contribution is 2.37. The number of carbonyl (C=O) groups excluding carboxylic acids is 2. The van der Waals surface area contributed by atoms with E-state index in [1.807, 2.05) is 54.6 Å². The van der Waals surface area contributed by atoms with Gasteiger partial charge in [0.05, 0.1) is 34.4 Å². The SMILES string of the molecule is [C-]#[N+]c1ccc(-c2ccc3c4ccccc4n(-c4cccc5c4C(=O)N(C)C5=O)c3c2)cc1. The maximum absolute atomic E-state index is 13.0. The van der Waals surface area contributed by atoms with Gasteiger partial charge in [-0.3, -0.25) is 14.5 Å². The Kier molecular flexibility index (Phi) is 3.98. The van der Waals surface area contributed by atoms with Crippen molar-refractivity contribution in [1.29, 1.82) is 0 Å². The zero-order valence-corrected chi connectivity index (χ0v) is 17.7. The van der Waals surface area contributed by atoms with E-state index in [0.717, 1.165) is 32.9 Å². The molecule has 0 saturated heterocycles. The molecular weight excluding hydrogens is 410 g/mol. The van der Waals surface area contributed by atoms with Gasteiger partial charge in [-0.05, 0) is 35.4 Å². The molecule has 6 rings (SSSR count). The monoisotopic (exact) mass is 427 g/mol. The van der Waals surface area contributed by atoms with Gasteiger partial charge in [0.1, 0.15) is 0 Å². The highest BCUT2D eigenvalue weighted by Gasteiger charge is 2.35. The summed E-state index contributed by atoms with van der Waals surface area (Å²) in [5, 5.41) is 2.14. The highest BCUT2D eigenvalue weighted by atomic mass is 16.2. The summed E-state index contributed by atoms with van der Waals surface area (Å²) in [6.07, 6.45) is 0. The third-order valence-corrected chi connectivity index (χ3v) is 6.34. The molecule has 0 radical (unpaired) electrons. The van der Waals surface area contributed by atoms with Crippen LogP contribution in [0, 0.1) is 6.57 Å². The molecule has 4 aromatic carbocycles. The summed E-state index contributed by atoms with van der Waals surface area (Å²) in [5.74, 6) is -0.569. The number of aromatic nitrogens is 1. The van der Waals surface area contributed by atoms with Crippen molar-refractivity contribution in [3.05, 3.63) is 107 Å². The first-order valence-corrected chi connectivity index (χ1v) is 10.6. The van der Waals surface area contributed by atoms with Crippen LogP contribution in [0.1, 0.15) is 20.7 Å². The molecule has 5 nitrogen and oxygen atoms in total. The predicted octanol–water partition coefficient (Wildman–Crippen LogP) is 6.23. The number of hydrogen-bond donors (Lipinski definition) is 0. The van der Waals surface area contributed by atoms with E-state index in [9.17, 15) is 9.59 Å². The van der Waals surface area contributed by atoms with Gasteiger partial charge in [-0.1, -0.05) is 60.7 Å². The molecule has 1 aliphatic rings. The number of fused-ring (bicyclic) bond motifs is 4. The van der Waals surface area contributed by atoms with Crippen molar-refractivity contribution in [3.8, 4) is 16.8 Å². The van der Waals surface area contributed by atoms with Crippen LogP contribution >= 0.6 is 0 Å². The molecule has 1 aliphatic heterocycles. The maximum Gasteiger partial charge on any atom is 0.263 e. The van der Waals surface area contributed by atoms with E-state index < -0.39 is 0 Å². The van der Waals surface area contributed by atoms with Gasteiger partial charge >= 0.3 is 0 Å². The molecule has 33 heavy (non-hydrogen) atoms. The van der Waals surface area contributed by atoms with Crippen molar-refractivity contribution in [3.63, 3.8) is 0 Å². The summed E-state index contributed by atoms with van der Waals surface area (Å²) < 4.78 is 2.07. The maximum atomic E-state index is 13.0. The normalized spacial score (nSPS) is 13.0. The van der Waals surface area contributed by atoms with Crippen molar-refractivity contribution < 1.29 is 9.59 Å². The van der Waals surface area contributed by atoms with Crippen molar-refractivity contribution in [2.75, 3.05) is 7.05 Å². The molecule has 0 fully saturated rings. The molecule has 2 amide bonds. The number of rotatable bonds is 2. The minimum atomic E-state index is -0.289. The van der Waals surface area contributed by atoms with Crippen LogP contribution in [0.5, 0.6) is 0 Å². The third-order valence-electron chi connectivity index (χ3n) is 6.34. The van der Waals surface area contributed by atoms with Gasteiger partial charge in [-0.25, -0.2) is 4.85 Å². The number of carbonyl (C=O) groups is 2. The second kappa shape index (κ2) is 6.91. The number of benzene rings is 4. The Morgan fingerprint density at radius 1 is 0.727 bits per heavy atom. The number of amides is 2. The zero-order chi connectivity index (χ0) is 22.7. The molecule has 0 aliphatic carbocycles. The van der Waals surface area contributed by atoms with Crippen LogP contribution in [0.2, 0.25) is 0 Å². The van der Waals surface area contributed by atoms with E-state index in [0.29, 0.717) is 22.5 Å². The highest BCUT2D eigenvalue weighted by molar-refractivity contribution is 6.23. The summed E-state index contributed by atoms with van der Waals surface area (Å²) in [5.41, 5.74) is 6.09. The van der Waals surface area contributed by atoms with Crippen molar-refractivity contribution in [2.24, 2.45) is 0 Å². The van der Waals surface area contributed by atoms with Crippen LogP contribution in [-0.2, 0) is 0 Å². The molecule has 0 N–H and O–H groups in total. The summed E-state index contributed by atoms with van der Waals surface area (Å²) in [7, 11) is 1.52.